The quantitative estimate of drug-likeness (QED) is 0.300. The third kappa shape index (κ3) is 4.36. The summed E-state index contributed by atoms with van der Waals surface area (Å²) >= 11 is 1.39. The number of hydrogen-bond acceptors (Lipinski definition) is 6. The Labute approximate surface area is 210 Å². The van der Waals surface area contributed by atoms with Crippen LogP contribution in [0.25, 0.3) is 32.6 Å². The lowest BCUT2D eigenvalue weighted by Gasteiger charge is -2.11. The molecule has 10 heteroatoms. The Morgan fingerprint density at radius 2 is 1.83 bits per heavy atom. The van der Waals surface area contributed by atoms with Crippen molar-refractivity contribution in [3.8, 4) is 27.4 Å². The smallest absolute Gasteiger partial charge is 0.341 e. The van der Waals surface area contributed by atoms with Crippen molar-refractivity contribution in [3.05, 3.63) is 89.8 Å². The Hall–Kier alpha value is -4.02. The van der Waals surface area contributed by atoms with Crippen LogP contribution in [0, 0.1) is 12.7 Å². The first-order chi connectivity index (χ1) is 17.2. The summed E-state index contributed by atoms with van der Waals surface area (Å²) in [5, 5.41) is 12.0. The maximum Gasteiger partial charge on any atom is 0.341 e. The maximum atomic E-state index is 13.7. The van der Waals surface area contributed by atoms with E-state index in [1.54, 1.807) is 43.6 Å². The lowest BCUT2D eigenvalue weighted by Crippen LogP contribution is -2.13. The number of halogens is 1. The van der Waals surface area contributed by atoms with Crippen LogP contribution in [0.3, 0.4) is 0 Å². The van der Waals surface area contributed by atoms with Gasteiger partial charge in [-0.25, -0.2) is 26.6 Å². The zero-order valence-electron chi connectivity index (χ0n) is 18.9. The second-order valence-corrected chi connectivity index (χ2v) is 10.7. The third-order valence-electron chi connectivity index (χ3n) is 5.67. The van der Waals surface area contributed by atoms with Crippen LogP contribution in [0.1, 0.15) is 5.56 Å². The summed E-state index contributed by atoms with van der Waals surface area (Å²) in [5.41, 5.74) is 3.23. The van der Waals surface area contributed by atoms with Crippen LogP contribution in [0.4, 0.5) is 4.39 Å². The van der Waals surface area contributed by atoms with Crippen LogP contribution in [0.2, 0.25) is 0 Å². The van der Waals surface area contributed by atoms with Gasteiger partial charge >= 0.3 is 5.97 Å². The molecule has 0 spiro atoms. The number of carboxylic acid groups (broad SMARTS) is 1. The molecule has 2 aromatic heterocycles. The van der Waals surface area contributed by atoms with E-state index in [4.69, 9.17) is 9.84 Å². The second-order valence-electron chi connectivity index (χ2n) is 8.03. The molecule has 0 unspecified atom stereocenters. The molecule has 0 aliphatic carbocycles. The van der Waals surface area contributed by atoms with Gasteiger partial charge in [-0.15, -0.1) is 11.3 Å². The number of nitrogens with zero attached hydrogens (tertiary/aromatic N) is 2. The van der Waals surface area contributed by atoms with Crippen LogP contribution in [-0.2, 0) is 14.8 Å². The van der Waals surface area contributed by atoms with E-state index in [9.17, 15) is 17.6 Å². The Bertz CT molecular complexity index is 1690. The summed E-state index contributed by atoms with van der Waals surface area (Å²) in [6.45, 7) is 1.13. The van der Waals surface area contributed by atoms with Gasteiger partial charge in [0, 0.05) is 28.7 Å². The van der Waals surface area contributed by atoms with Gasteiger partial charge in [-0.1, -0.05) is 18.2 Å². The predicted molar refractivity (Wildman–Crippen MR) is 135 cm³/mol. The van der Waals surface area contributed by atoms with Gasteiger partial charge in [0.15, 0.2) is 6.61 Å². The molecule has 0 saturated carbocycles. The molecule has 0 bridgehead atoms. The minimum absolute atomic E-state index is 0.0351. The highest BCUT2D eigenvalue weighted by atomic mass is 32.2. The van der Waals surface area contributed by atoms with Crippen molar-refractivity contribution in [2.75, 3.05) is 6.61 Å². The van der Waals surface area contributed by atoms with Crippen LogP contribution in [0.5, 0.6) is 5.75 Å². The standard InChI is InChI=1S/C26H19FN2O5S2/c1-16-12-20(7-9-24(16)34-15-25(30)31)36(32,33)29-14-22(26-28-10-11-35-26)21-13-18(4-8-23(21)29)17-2-5-19(27)6-3-17/h2-14H,15H2,1H3,(H,30,31). The summed E-state index contributed by atoms with van der Waals surface area (Å²) in [4.78, 5) is 15.2. The number of ether oxygens (including phenoxy) is 1. The summed E-state index contributed by atoms with van der Waals surface area (Å²) in [5.74, 6) is -1.17. The number of thiazole rings is 1. The molecule has 0 saturated heterocycles. The molecule has 0 atom stereocenters. The average molecular weight is 523 g/mol. The van der Waals surface area contributed by atoms with E-state index in [1.165, 1.54) is 45.6 Å². The van der Waals surface area contributed by atoms with Crippen molar-refractivity contribution in [1.82, 2.24) is 8.96 Å². The van der Waals surface area contributed by atoms with Crippen molar-refractivity contribution >= 4 is 38.2 Å². The average Bonchev–Trinajstić information content (AvgIpc) is 3.51. The van der Waals surface area contributed by atoms with Gasteiger partial charge in [0.05, 0.1) is 10.4 Å². The minimum atomic E-state index is -4.02. The molecular formula is C26H19FN2O5S2. The molecule has 0 aliphatic rings. The van der Waals surface area contributed by atoms with E-state index < -0.39 is 22.6 Å². The summed E-state index contributed by atoms with van der Waals surface area (Å²) < 4.78 is 47.3. The Morgan fingerprint density at radius 3 is 2.50 bits per heavy atom. The Balaban J connectivity index is 1.64. The fraction of sp³-hybridized carbons (Fsp3) is 0.0769. The molecule has 5 rings (SSSR count). The SMILES string of the molecule is Cc1cc(S(=O)(=O)n2cc(-c3nccs3)c3cc(-c4ccc(F)cc4)ccc32)ccc1OCC(=O)O. The summed E-state index contributed by atoms with van der Waals surface area (Å²) in [7, 11) is -4.02. The number of fused-ring (bicyclic) bond motifs is 1. The monoisotopic (exact) mass is 522 g/mol. The van der Waals surface area contributed by atoms with Crippen LogP contribution >= 0.6 is 11.3 Å². The highest BCUT2D eigenvalue weighted by Gasteiger charge is 2.24. The van der Waals surface area contributed by atoms with Gasteiger partial charge in [-0.3, -0.25) is 0 Å². The maximum absolute atomic E-state index is 13.7. The number of carbonyl (C=O) groups is 1. The lowest BCUT2D eigenvalue weighted by molar-refractivity contribution is -0.139. The van der Waals surface area contributed by atoms with Gasteiger partial charge in [0.1, 0.15) is 16.6 Å². The number of aromatic nitrogens is 2. The normalized spacial score (nSPS) is 11.6. The molecule has 7 nitrogen and oxygen atoms in total. The number of aryl methyl sites for hydroxylation is 1. The van der Waals surface area contributed by atoms with Crippen LogP contribution in [-0.4, -0.2) is 35.1 Å². The van der Waals surface area contributed by atoms with E-state index in [0.29, 0.717) is 32.8 Å². The molecule has 0 aliphatic heterocycles. The number of rotatable bonds is 7. The zero-order valence-corrected chi connectivity index (χ0v) is 20.5. The van der Waals surface area contributed by atoms with Gasteiger partial charge in [0.25, 0.3) is 10.0 Å². The first kappa shape index (κ1) is 23.7. The summed E-state index contributed by atoms with van der Waals surface area (Å²) in [6, 6.07) is 15.8. The van der Waals surface area contributed by atoms with Crippen molar-refractivity contribution in [2.24, 2.45) is 0 Å². The molecule has 3 aromatic carbocycles. The molecular weight excluding hydrogens is 503 g/mol. The van der Waals surface area contributed by atoms with Crippen LogP contribution in [0.15, 0.2) is 83.3 Å². The first-order valence-electron chi connectivity index (χ1n) is 10.8. The molecule has 36 heavy (non-hydrogen) atoms. The van der Waals surface area contributed by atoms with E-state index >= 15 is 0 Å². The Kier molecular flexibility index (Phi) is 6.07. The number of carboxylic acids is 1. The van der Waals surface area contributed by atoms with Crippen molar-refractivity contribution in [3.63, 3.8) is 0 Å². The van der Waals surface area contributed by atoms with Crippen molar-refractivity contribution < 1.29 is 27.4 Å². The highest BCUT2D eigenvalue weighted by Crippen LogP contribution is 2.37. The predicted octanol–water partition coefficient (Wildman–Crippen LogP) is 5.58. The Morgan fingerprint density at radius 1 is 1.08 bits per heavy atom. The van der Waals surface area contributed by atoms with Crippen molar-refractivity contribution in [2.45, 2.75) is 11.8 Å². The zero-order chi connectivity index (χ0) is 25.4. The van der Waals surface area contributed by atoms with E-state index in [0.717, 1.165) is 11.1 Å². The molecule has 2 heterocycles. The second kappa shape index (κ2) is 9.21. The van der Waals surface area contributed by atoms with E-state index in [-0.39, 0.29) is 10.7 Å². The number of hydrogen-bond donors (Lipinski definition) is 1. The van der Waals surface area contributed by atoms with E-state index in [1.807, 2.05) is 11.4 Å². The number of benzene rings is 3. The lowest BCUT2D eigenvalue weighted by atomic mass is 10.0. The first-order valence-corrected chi connectivity index (χ1v) is 13.1. The van der Waals surface area contributed by atoms with Gasteiger partial charge < -0.3 is 9.84 Å². The fourth-order valence-corrected chi connectivity index (χ4v) is 6.06. The highest BCUT2D eigenvalue weighted by molar-refractivity contribution is 7.90. The van der Waals surface area contributed by atoms with Gasteiger partial charge in [-0.2, -0.15) is 0 Å². The van der Waals surface area contributed by atoms with Crippen LogP contribution < -0.4 is 4.74 Å². The molecule has 0 radical (unpaired) electrons. The fourth-order valence-electron chi connectivity index (χ4n) is 3.95. The largest absolute Gasteiger partial charge is 0.482 e. The molecule has 0 fully saturated rings. The minimum Gasteiger partial charge on any atom is -0.482 e. The molecule has 1 N–H and O–H groups in total. The van der Waals surface area contributed by atoms with Crippen molar-refractivity contribution in [1.29, 1.82) is 0 Å². The summed E-state index contributed by atoms with van der Waals surface area (Å²) in [6.07, 6.45) is 3.21. The van der Waals surface area contributed by atoms with Gasteiger partial charge in [0.2, 0.25) is 0 Å². The third-order valence-corrected chi connectivity index (χ3v) is 8.14. The topological polar surface area (TPSA) is 98.5 Å². The molecule has 5 aromatic rings. The van der Waals surface area contributed by atoms with Gasteiger partial charge in [-0.05, 0) is 66.1 Å². The molecule has 0 amide bonds. The molecule has 182 valence electrons. The number of aliphatic carboxylic acids is 1. The van der Waals surface area contributed by atoms with E-state index in [2.05, 4.69) is 4.98 Å².